The van der Waals surface area contributed by atoms with Crippen molar-refractivity contribution in [1.29, 1.82) is 0 Å². The Bertz CT molecular complexity index is 848. The molecule has 0 unspecified atom stereocenters. The monoisotopic (exact) mass is 381 g/mol. The fourth-order valence-electron chi connectivity index (χ4n) is 3.45. The highest BCUT2D eigenvalue weighted by atomic mass is 16.5. The first-order valence-electron chi connectivity index (χ1n) is 9.87. The van der Waals surface area contributed by atoms with Crippen LogP contribution in [0.2, 0.25) is 0 Å². The SMILES string of the molecule is CCOc1ccccc1N1C[C@H](C(=O)Oc2ccccc2[C@H](C)CC)CC1=O. The van der Waals surface area contributed by atoms with Crippen LogP contribution < -0.4 is 14.4 Å². The van der Waals surface area contributed by atoms with Crippen LogP contribution in [0.25, 0.3) is 0 Å². The smallest absolute Gasteiger partial charge is 0.316 e. The van der Waals surface area contributed by atoms with Crippen molar-refractivity contribution < 1.29 is 19.1 Å². The van der Waals surface area contributed by atoms with Gasteiger partial charge in [-0.2, -0.15) is 0 Å². The number of esters is 1. The van der Waals surface area contributed by atoms with Crippen LogP contribution in [0.1, 0.15) is 45.1 Å². The summed E-state index contributed by atoms with van der Waals surface area (Å²) in [6.07, 6.45) is 1.10. The second-order valence-corrected chi connectivity index (χ2v) is 7.07. The van der Waals surface area contributed by atoms with E-state index in [4.69, 9.17) is 9.47 Å². The van der Waals surface area contributed by atoms with Gasteiger partial charge in [-0.3, -0.25) is 9.59 Å². The number of rotatable bonds is 7. The summed E-state index contributed by atoms with van der Waals surface area (Å²) in [5.74, 6) is 0.581. The molecule has 0 saturated carbocycles. The van der Waals surface area contributed by atoms with Gasteiger partial charge in [0, 0.05) is 13.0 Å². The molecule has 1 aliphatic heterocycles. The predicted octanol–water partition coefficient (Wildman–Crippen LogP) is 4.56. The zero-order chi connectivity index (χ0) is 20.1. The topological polar surface area (TPSA) is 55.8 Å². The number of amides is 1. The van der Waals surface area contributed by atoms with E-state index in [0.717, 1.165) is 12.0 Å². The maximum Gasteiger partial charge on any atom is 0.316 e. The lowest BCUT2D eigenvalue weighted by Crippen LogP contribution is -2.27. The van der Waals surface area contributed by atoms with Crippen LogP contribution in [-0.4, -0.2) is 25.0 Å². The van der Waals surface area contributed by atoms with Crippen molar-refractivity contribution >= 4 is 17.6 Å². The van der Waals surface area contributed by atoms with Crippen molar-refractivity contribution in [2.75, 3.05) is 18.1 Å². The van der Waals surface area contributed by atoms with E-state index in [1.165, 1.54) is 0 Å². The molecule has 0 bridgehead atoms. The Labute approximate surface area is 166 Å². The fourth-order valence-corrected chi connectivity index (χ4v) is 3.45. The lowest BCUT2D eigenvalue weighted by molar-refractivity contribution is -0.139. The van der Waals surface area contributed by atoms with Gasteiger partial charge in [0.05, 0.1) is 18.2 Å². The molecule has 0 spiro atoms. The second kappa shape index (κ2) is 8.91. The number of carbonyl (C=O) groups is 2. The molecule has 0 radical (unpaired) electrons. The molecule has 5 heteroatoms. The van der Waals surface area contributed by atoms with E-state index in [-0.39, 0.29) is 18.3 Å². The average Bonchev–Trinajstić information content (AvgIpc) is 3.10. The molecule has 1 aliphatic rings. The first-order chi connectivity index (χ1) is 13.5. The molecule has 2 aromatic carbocycles. The molecule has 2 aromatic rings. The normalized spacial score (nSPS) is 17.5. The van der Waals surface area contributed by atoms with Crippen molar-refractivity contribution in [2.45, 2.75) is 39.5 Å². The zero-order valence-corrected chi connectivity index (χ0v) is 16.7. The van der Waals surface area contributed by atoms with E-state index >= 15 is 0 Å². The van der Waals surface area contributed by atoms with Crippen LogP contribution in [0, 0.1) is 5.92 Å². The van der Waals surface area contributed by atoms with Crippen LogP contribution in [0.3, 0.4) is 0 Å². The van der Waals surface area contributed by atoms with Crippen molar-refractivity contribution in [3.05, 3.63) is 54.1 Å². The van der Waals surface area contributed by atoms with E-state index in [9.17, 15) is 9.59 Å². The van der Waals surface area contributed by atoms with Crippen LogP contribution >= 0.6 is 0 Å². The summed E-state index contributed by atoms with van der Waals surface area (Å²) in [7, 11) is 0. The Kier molecular flexibility index (Phi) is 6.34. The molecular weight excluding hydrogens is 354 g/mol. The Balaban J connectivity index is 1.75. The van der Waals surface area contributed by atoms with E-state index in [1.807, 2.05) is 55.5 Å². The molecule has 5 nitrogen and oxygen atoms in total. The molecule has 2 atom stereocenters. The Hall–Kier alpha value is -2.82. The van der Waals surface area contributed by atoms with Gasteiger partial charge in [-0.15, -0.1) is 0 Å². The van der Waals surface area contributed by atoms with Gasteiger partial charge in [0.2, 0.25) is 5.91 Å². The number of carbonyl (C=O) groups excluding carboxylic acids is 2. The Morgan fingerprint density at radius 2 is 1.79 bits per heavy atom. The molecule has 3 rings (SSSR count). The maximum absolute atomic E-state index is 12.8. The highest BCUT2D eigenvalue weighted by molar-refractivity contribution is 6.00. The molecule has 1 heterocycles. The summed E-state index contributed by atoms with van der Waals surface area (Å²) in [6.45, 7) is 6.92. The summed E-state index contributed by atoms with van der Waals surface area (Å²) in [4.78, 5) is 27.0. The van der Waals surface area contributed by atoms with E-state index in [2.05, 4.69) is 13.8 Å². The first-order valence-corrected chi connectivity index (χ1v) is 9.87. The fraction of sp³-hybridized carbons (Fsp3) is 0.391. The van der Waals surface area contributed by atoms with Gasteiger partial charge in [0.1, 0.15) is 11.5 Å². The van der Waals surface area contributed by atoms with Crippen LogP contribution in [-0.2, 0) is 9.59 Å². The van der Waals surface area contributed by atoms with E-state index in [0.29, 0.717) is 36.3 Å². The van der Waals surface area contributed by atoms with Crippen molar-refractivity contribution in [3.63, 3.8) is 0 Å². The molecular formula is C23H27NO4. The molecule has 0 aliphatic carbocycles. The standard InChI is InChI=1S/C23H27NO4/c1-4-16(3)18-10-6-8-12-20(18)28-23(26)17-14-22(25)24(15-17)19-11-7-9-13-21(19)27-5-2/h6-13,16-17H,4-5,14-15H2,1-3H3/t16-,17-/m1/s1. The number of nitrogens with zero attached hydrogens (tertiary/aromatic N) is 1. The molecule has 28 heavy (non-hydrogen) atoms. The second-order valence-electron chi connectivity index (χ2n) is 7.07. The molecule has 1 saturated heterocycles. The van der Waals surface area contributed by atoms with Gasteiger partial charge in [-0.1, -0.05) is 44.2 Å². The molecule has 1 fully saturated rings. The molecule has 0 N–H and O–H groups in total. The first kappa shape index (κ1) is 19.9. The maximum atomic E-state index is 12.8. The van der Waals surface area contributed by atoms with Gasteiger partial charge >= 0.3 is 5.97 Å². The number of hydrogen-bond donors (Lipinski definition) is 0. The lowest BCUT2D eigenvalue weighted by atomic mass is 9.98. The van der Waals surface area contributed by atoms with Gasteiger partial charge < -0.3 is 14.4 Å². The zero-order valence-electron chi connectivity index (χ0n) is 16.7. The minimum absolute atomic E-state index is 0.0932. The van der Waals surface area contributed by atoms with E-state index < -0.39 is 5.92 Å². The summed E-state index contributed by atoms with van der Waals surface area (Å²) >= 11 is 0. The Morgan fingerprint density at radius 3 is 2.50 bits per heavy atom. The third kappa shape index (κ3) is 4.19. The largest absolute Gasteiger partial charge is 0.492 e. The number of anilines is 1. The summed E-state index contributed by atoms with van der Waals surface area (Å²) in [5, 5.41) is 0. The number of benzene rings is 2. The van der Waals surface area contributed by atoms with Gasteiger partial charge in [-0.05, 0) is 43.0 Å². The van der Waals surface area contributed by atoms with Crippen LogP contribution in [0.4, 0.5) is 5.69 Å². The van der Waals surface area contributed by atoms with Crippen LogP contribution in [0.5, 0.6) is 11.5 Å². The van der Waals surface area contributed by atoms with Gasteiger partial charge in [0.25, 0.3) is 0 Å². The summed E-state index contributed by atoms with van der Waals surface area (Å²) in [6, 6.07) is 15.0. The highest BCUT2D eigenvalue weighted by Crippen LogP contribution is 2.34. The third-order valence-corrected chi connectivity index (χ3v) is 5.19. The third-order valence-electron chi connectivity index (χ3n) is 5.19. The quantitative estimate of drug-likeness (QED) is 0.521. The number of ether oxygens (including phenoxy) is 2. The predicted molar refractivity (Wildman–Crippen MR) is 109 cm³/mol. The molecule has 1 amide bonds. The van der Waals surface area contributed by atoms with Crippen LogP contribution in [0.15, 0.2) is 48.5 Å². The molecule has 0 aromatic heterocycles. The van der Waals surface area contributed by atoms with Crippen molar-refractivity contribution in [3.8, 4) is 11.5 Å². The number of hydrogen-bond acceptors (Lipinski definition) is 4. The lowest BCUT2D eigenvalue weighted by Gasteiger charge is -2.20. The van der Waals surface area contributed by atoms with Gasteiger partial charge in [-0.25, -0.2) is 0 Å². The Morgan fingerprint density at radius 1 is 1.11 bits per heavy atom. The van der Waals surface area contributed by atoms with Crippen molar-refractivity contribution in [1.82, 2.24) is 0 Å². The summed E-state index contributed by atoms with van der Waals surface area (Å²) < 4.78 is 11.3. The highest BCUT2D eigenvalue weighted by Gasteiger charge is 2.37. The van der Waals surface area contributed by atoms with Crippen molar-refractivity contribution in [2.24, 2.45) is 5.92 Å². The minimum atomic E-state index is -0.493. The molecule has 148 valence electrons. The van der Waals surface area contributed by atoms with E-state index in [1.54, 1.807) is 4.90 Å². The van der Waals surface area contributed by atoms with Gasteiger partial charge in [0.15, 0.2) is 0 Å². The minimum Gasteiger partial charge on any atom is -0.492 e. The number of para-hydroxylation sites is 3. The average molecular weight is 381 g/mol. The summed E-state index contributed by atoms with van der Waals surface area (Å²) in [5.41, 5.74) is 1.71.